The van der Waals surface area contributed by atoms with Crippen molar-refractivity contribution in [3.8, 4) is 0 Å². The van der Waals surface area contributed by atoms with E-state index in [0.717, 1.165) is 6.07 Å². The Bertz CT molecular complexity index is 518. The Labute approximate surface area is 120 Å². The summed E-state index contributed by atoms with van der Waals surface area (Å²) >= 11 is 5.61. The number of rotatable bonds is 3. The lowest BCUT2D eigenvalue weighted by Crippen LogP contribution is -2.41. The Kier molecular flexibility index (Phi) is 4.92. The van der Waals surface area contributed by atoms with E-state index < -0.39 is 11.7 Å². The number of nitrogens with one attached hydrogen (secondary N) is 1. The molecule has 1 aromatic rings. The third-order valence-corrected chi connectivity index (χ3v) is 3.17. The molecule has 1 aromatic carbocycles. The fraction of sp³-hybridized carbons (Fsp3) is 0.385. The van der Waals surface area contributed by atoms with Gasteiger partial charge >= 0.3 is 0 Å². The number of hydrogen-bond donors (Lipinski definition) is 1. The minimum Gasteiger partial charge on any atom is -0.378 e. The maximum Gasteiger partial charge on any atom is 0.233 e. The lowest BCUT2D eigenvalue weighted by molar-refractivity contribution is -0.138. The summed E-state index contributed by atoms with van der Waals surface area (Å²) in [7, 11) is 0. The van der Waals surface area contributed by atoms with Crippen molar-refractivity contribution in [1.82, 2.24) is 4.90 Å². The topological polar surface area (TPSA) is 58.6 Å². The minimum absolute atomic E-state index is 0.0812. The monoisotopic (exact) mass is 300 g/mol. The number of anilines is 1. The van der Waals surface area contributed by atoms with Crippen LogP contribution >= 0.6 is 11.6 Å². The smallest absolute Gasteiger partial charge is 0.233 e. The van der Waals surface area contributed by atoms with Crippen LogP contribution in [-0.4, -0.2) is 43.0 Å². The van der Waals surface area contributed by atoms with Crippen LogP contribution in [0.15, 0.2) is 18.2 Å². The molecule has 0 bridgehead atoms. The highest BCUT2D eigenvalue weighted by molar-refractivity contribution is 6.31. The molecule has 0 aromatic heterocycles. The van der Waals surface area contributed by atoms with Crippen LogP contribution in [-0.2, 0) is 14.3 Å². The van der Waals surface area contributed by atoms with Crippen molar-refractivity contribution in [3.05, 3.63) is 29.0 Å². The molecule has 0 radical (unpaired) electrons. The summed E-state index contributed by atoms with van der Waals surface area (Å²) in [5.41, 5.74) is 0.358. The zero-order chi connectivity index (χ0) is 14.5. The molecule has 2 rings (SSSR count). The summed E-state index contributed by atoms with van der Waals surface area (Å²) in [6.07, 6.45) is -0.255. The second-order valence-electron chi connectivity index (χ2n) is 4.35. The van der Waals surface area contributed by atoms with Crippen LogP contribution in [0.2, 0.25) is 5.02 Å². The van der Waals surface area contributed by atoms with E-state index in [-0.39, 0.29) is 17.4 Å². The minimum atomic E-state index is -0.561. The van der Waals surface area contributed by atoms with Gasteiger partial charge in [0.2, 0.25) is 11.8 Å². The molecular weight excluding hydrogens is 287 g/mol. The van der Waals surface area contributed by atoms with Gasteiger partial charge in [-0.15, -0.1) is 0 Å². The van der Waals surface area contributed by atoms with Crippen molar-refractivity contribution in [2.45, 2.75) is 6.42 Å². The summed E-state index contributed by atoms with van der Waals surface area (Å²) in [5.74, 6) is -1.27. The van der Waals surface area contributed by atoms with Crippen LogP contribution < -0.4 is 5.32 Å². The van der Waals surface area contributed by atoms with E-state index in [1.807, 2.05) is 0 Å². The number of amides is 2. The lowest BCUT2D eigenvalue weighted by atomic mass is 10.2. The van der Waals surface area contributed by atoms with E-state index in [1.165, 1.54) is 12.1 Å². The standard InChI is InChI=1S/C13H14ClFN2O3/c14-10-7-9(1-2-11(10)15)16-12(18)8-13(19)17-3-5-20-6-4-17/h1-2,7H,3-6,8H2,(H,16,18). The van der Waals surface area contributed by atoms with Gasteiger partial charge in [-0.3, -0.25) is 9.59 Å². The molecule has 1 aliphatic rings. The number of carbonyl (C=O) groups is 2. The summed E-state index contributed by atoms with van der Waals surface area (Å²) in [4.78, 5) is 25.2. The largest absolute Gasteiger partial charge is 0.378 e. The van der Waals surface area contributed by atoms with Gasteiger partial charge in [0, 0.05) is 18.8 Å². The zero-order valence-corrected chi connectivity index (χ0v) is 11.5. The predicted octanol–water partition coefficient (Wildman–Crippen LogP) is 1.67. The van der Waals surface area contributed by atoms with Crippen LogP contribution in [0.4, 0.5) is 10.1 Å². The maximum atomic E-state index is 13.0. The van der Waals surface area contributed by atoms with E-state index in [4.69, 9.17) is 16.3 Å². The van der Waals surface area contributed by atoms with Crippen molar-refractivity contribution in [2.24, 2.45) is 0 Å². The van der Waals surface area contributed by atoms with Crippen LogP contribution in [0, 0.1) is 5.82 Å². The van der Waals surface area contributed by atoms with Gasteiger partial charge in [0.15, 0.2) is 0 Å². The molecule has 0 aliphatic carbocycles. The number of morpholine rings is 1. The predicted molar refractivity (Wildman–Crippen MR) is 72.1 cm³/mol. The van der Waals surface area contributed by atoms with Crippen molar-refractivity contribution < 1.29 is 18.7 Å². The second-order valence-corrected chi connectivity index (χ2v) is 4.75. The van der Waals surface area contributed by atoms with Crippen molar-refractivity contribution in [2.75, 3.05) is 31.6 Å². The first-order valence-corrected chi connectivity index (χ1v) is 6.54. The molecule has 1 aliphatic heterocycles. The van der Waals surface area contributed by atoms with Crippen LogP contribution in [0.3, 0.4) is 0 Å². The van der Waals surface area contributed by atoms with Crippen LogP contribution in [0.5, 0.6) is 0 Å². The normalized spacial score (nSPS) is 15.0. The quantitative estimate of drug-likeness (QED) is 0.864. The fourth-order valence-electron chi connectivity index (χ4n) is 1.84. The van der Waals surface area contributed by atoms with Gasteiger partial charge in [-0.05, 0) is 18.2 Å². The molecule has 1 N–H and O–H groups in total. The number of nitrogens with zero attached hydrogens (tertiary/aromatic N) is 1. The molecule has 0 saturated carbocycles. The summed E-state index contributed by atoms with van der Waals surface area (Å²) in [5, 5.41) is 2.43. The van der Waals surface area contributed by atoms with Crippen LogP contribution in [0.1, 0.15) is 6.42 Å². The number of benzene rings is 1. The Hall–Kier alpha value is -1.66. The molecule has 1 saturated heterocycles. The zero-order valence-electron chi connectivity index (χ0n) is 10.7. The highest BCUT2D eigenvalue weighted by atomic mass is 35.5. The lowest BCUT2D eigenvalue weighted by Gasteiger charge is -2.26. The molecule has 0 unspecified atom stereocenters. The molecule has 1 fully saturated rings. The Morgan fingerprint density at radius 1 is 1.35 bits per heavy atom. The Balaban J connectivity index is 1.88. The average Bonchev–Trinajstić information content (AvgIpc) is 2.44. The highest BCUT2D eigenvalue weighted by Gasteiger charge is 2.19. The first-order valence-electron chi connectivity index (χ1n) is 6.16. The summed E-state index contributed by atoms with van der Waals surface area (Å²) < 4.78 is 18.1. The first kappa shape index (κ1) is 14.7. The van der Waals surface area contributed by atoms with Gasteiger partial charge in [-0.25, -0.2) is 4.39 Å². The molecule has 108 valence electrons. The Morgan fingerprint density at radius 3 is 2.70 bits per heavy atom. The van der Waals surface area contributed by atoms with E-state index in [2.05, 4.69) is 5.32 Å². The molecule has 0 spiro atoms. The van der Waals surface area contributed by atoms with E-state index >= 15 is 0 Å². The van der Waals surface area contributed by atoms with E-state index in [9.17, 15) is 14.0 Å². The van der Waals surface area contributed by atoms with Crippen molar-refractivity contribution in [3.63, 3.8) is 0 Å². The van der Waals surface area contributed by atoms with E-state index in [1.54, 1.807) is 4.90 Å². The van der Waals surface area contributed by atoms with E-state index in [0.29, 0.717) is 32.0 Å². The molecule has 5 nitrogen and oxygen atoms in total. The van der Waals surface area contributed by atoms with Crippen LogP contribution in [0.25, 0.3) is 0 Å². The third-order valence-electron chi connectivity index (χ3n) is 2.88. The average molecular weight is 301 g/mol. The Morgan fingerprint density at radius 2 is 2.05 bits per heavy atom. The fourth-order valence-corrected chi connectivity index (χ4v) is 2.02. The molecule has 20 heavy (non-hydrogen) atoms. The highest BCUT2D eigenvalue weighted by Crippen LogP contribution is 2.19. The summed E-state index contributed by atoms with van der Waals surface area (Å²) in [6.45, 7) is 1.96. The third kappa shape index (κ3) is 3.91. The van der Waals surface area contributed by atoms with Gasteiger partial charge in [0.05, 0.1) is 18.2 Å². The molecule has 1 heterocycles. The molecule has 7 heteroatoms. The number of hydrogen-bond acceptors (Lipinski definition) is 3. The number of ether oxygens (including phenoxy) is 1. The molecule has 0 atom stereocenters. The van der Waals surface area contributed by atoms with Gasteiger partial charge in [0.1, 0.15) is 12.2 Å². The van der Waals surface area contributed by atoms with Gasteiger partial charge in [0.25, 0.3) is 0 Å². The van der Waals surface area contributed by atoms with Crippen molar-refractivity contribution in [1.29, 1.82) is 0 Å². The summed E-state index contributed by atoms with van der Waals surface area (Å²) in [6, 6.07) is 3.84. The molecule has 2 amide bonds. The maximum absolute atomic E-state index is 13.0. The first-order chi connectivity index (χ1) is 9.56. The van der Waals surface area contributed by atoms with Gasteiger partial charge in [-0.2, -0.15) is 0 Å². The molecular formula is C13H14ClFN2O3. The number of carbonyl (C=O) groups excluding carboxylic acids is 2. The SMILES string of the molecule is O=C(CC(=O)N1CCOCC1)Nc1ccc(F)c(Cl)c1. The number of halogens is 2. The van der Waals surface area contributed by atoms with Crippen molar-refractivity contribution >= 4 is 29.1 Å². The van der Waals surface area contributed by atoms with Gasteiger partial charge in [-0.1, -0.05) is 11.6 Å². The van der Waals surface area contributed by atoms with Gasteiger partial charge < -0.3 is 15.0 Å². The second kappa shape index (κ2) is 6.67.